The molecule has 1 aromatic heterocycles. The first kappa shape index (κ1) is 21.5. The highest BCUT2D eigenvalue weighted by Gasteiger charge is 2.15. The molecule has 3 aromatic rings. The minimum atomic E-state index is -0.138. The Morgan fingerprint density at radius 2 is 2.00 bits per heavy atom. The number of hydrogen-bond donors (Lipinski definition) is 0. The Kier molecular flexibility index (Phi) is 7.46. The summed E-state index contributed by atoms with van der Waals surface area (Å²) in [6.07, 6.45) is 0. The maximum Gasteiger partial charge on any atom is 0.262 e. The summed E-state index contributed by atoms with van der Waals surface area (Å²) in [5, 5.41) is 1.05. The molecule has 3 rings (SSSR count). The van der Waals surface area contributed by atoms with Crippen LogP contribution in [0.5, 0.6) is 0 Å². The number of amides is 1. The van der Waals surface area contributed by atoms with Crippen molar-refractivity contribution in [3.05, 3.63) is 68.9 Å². The molecular weight excluding hydrogens is 454 g/mol. The zero-order valence-electron chi connectivity index (χ0n) is 16.3. The third-order valence-electron chi connectivity index (χ3n) is 4.41. The normalized spacial score (nSPS) is 11.0. The number of ether oxygens (including phenoxy) is 1. The minimum Gasteiger partial charge on any atom is -0.383 e. The van der Waals surface area contributed by atoms with E-state index in [0.29, 0.717) is 35.8 Å². The number of hydrogen-bond acceptors (Lipinski definition) is 5. The van der Waals surface area contributed by atoms with Crippen molar-refractivity contribution >= 4 is 44.5 Å². The van der Waals surface area contributed by atoms with Crippen molar-refractivity contribution in [3.8, 4) is 0 Å². The predicted octanol–water partition coefficient (Wildman–Crippen LogP) is 3.56. The molecule has 0 N–H and O–H groups in total. The van der Waals surface area contributed by atoms with E-state index in [9.17, 15) is 9.59 Å². The summed E-state index contributed by atoms with van der Waals surface area (Å²) in [5.74, 6) is 0.174. The maximum absolute atomic E-state index is 13.0. The van der Waals surface area contributed by atoms with Gasteiger partial charge in [-0.15, -0.1) is 0 Å². The molecule has 2 aromatic carbocycles. The molecule has 0 bridgehead atoms. The van der Waals surface area contributed by atoms with Crippen LogP contribution in [0.15, 0.2) is 63.0 Å². The summed E-state index contributed by atoms with van der Waals surface area (Å²) in [6, 6.07) is 15.2. The summed E-state index contributed by atoms with van der Waals surface area (Å²) in [7, 11) is 3.37. The predicted molar refractivity (Wildman–Crippen MR) is 119 cm³/mol. The lowest BCUT2D eigenvalue weighted by Crippen LogP contribution is -2.29. The van der Waals surface area contributed by atoms with Crippen LogP contribution in [0.1, 0.15) is 5.56 Å². The second kappa shape index (κ2) is 10.0. The molecule has 152 valence electrons. The van der Waals surface area contributed by atoms with Crippen LogP contribution >= 0.6 is 27.7 Å². The van der Waals surface area contributed by atoms with E-state index in [2.05, 4.69) is 20.9 Å². The lowest BCUT2D eigenvalue weighted by atomic mass is 10.2. The fraction of sp³-hybridized carbons (Fsp3) is 0.286. The molecule has 0 aliphatic heterocycles. The van der Waals surface area contributed by atoms with E-state index < -0.39 is 0 Å². The summed E-state index contributed by atoms with van der Waals surface area (Å²) in [4.78, 5) is 31.9. The van der Waals surface area contributed by atoms with Crippen LogP contribution in [0.4, 0.5) is 0 Å². The zero-order valence-corrected chi connectivity index (χ0v) is 18.7. The zero-order chi connectivity index (χ0) is 20.8. The van der Waals surface area contributed by atoms with Crippen molar-refractivity contribution in [2.24, 2.45) is 0 Å². The lowest BCUT2D eigenvalue weighted by Gasteiger charge is -2.18. The molecule has 0 aliphatic carbocycles. The van der Waals surface area contributed by atoms with Crippen molar-refractivity contribution < 1.29 is 9.53 Å². The van der Waals surface area contributed by atoms with Gasteiger partial charge in [0.1, 0.15) is 0 Å². The topological polar surface area (TPSA) is 64.4 Å². The first-order chi connectivity index (χ1) is 14.0. The molecule has 8 heteroatoms. The monoisotopic (exact) mass is 475 g/mol. The molecule has 0 saturated carbocycles. The number of carbonyl (C=O) groups is 1. The highest BCUT2D eigenvalue weighted by atomic mass is 79.9. The van der Waals surface area contributed by atoms with Gasteiger partial charge in [-0.1, -0.05) is 58.0 Å². The first-order valence-electron chi connectivity index (χ1n) is 9.09. The number of fused-ring (bicyclic) bond motifs is 1. The van der Waals surface area contributed by atoms with E-state index in [1.165, 1.54) is 11.8 Å². The molecule has 0 unspecified atom stereocenters. The molecule has 1 heterocycles. The highest BCUT2D eigenvalue weighted by Crippen LogP contribution is 2.21. The van der Waals surface area contributed by atoms with Gasteiger partial charge in [0.05, 0.1) is 29.8 Å². The molecule has 1 amide bonds. The molecule has 0 fully saturated rings. The number of carbonyl (C=O) groups excluding carboxylic acids is 1. The van der Waals surface area contributed by atoms with Crippen LogP contribution in [0.2, 0.25) is 0 Å². The lowest BCUT2D eigenvalue weighted by molar-refractivity contribution is -0.127. The quantitative estimate of drug-likeness (QED) is 0.368. The number of aromatic nitrogens is 2. The standard InChI is InChI=1S/C21H22BrN3O3S/c1-24(13-15-6-4-3-5-7-15)19(26)14-29-21-23-18-9-8-16(22)12-17(18)20(27)25(21)10-11-28-2/h3-9,12H,10-11,13-14H2,1-2H3. The Hall–Kier alpha value is -2.16. The van der Waals surface area contributed by atoms with Gasteiger partial charge in [-0.3, -0.25) is 14.2 Å². The van der Waals surface area contributed by atoms with Gasteiger partial charge >= 0.3 is 0 Å². The fourth-order valence-electron chi connectivity index (χ4n) is 2.84. The van der Waals surface area contributed by atoms with Crippen molar-refractivity contribution in [2.45, 2.75) is 18.2 Å². The largest absolute Gasteiger partial charge is 0.383 e. The van der Waals surface area contributed by atoms with E-state index in [0.717, 1.165) is 10.0 Å². The van der Waals surface area contributed by atoms with Crippen LogP contribution in [0, 0.1) is 0 Å². The number of thioether (sulfide) groups is 1. The molecule has 0 radical (unpaired) electrons. The molecule has 0 spiro atoms. The highest BCUT2D eigenvalue weighted by molar-refractivity contribution is 9.10. The number of nitrogens with zero attached hydrogens (tertiary/aromatic N) is 3. The van der Waals surface area contributed by atoms with Crippen LogP contribution < -0.4 is 5.56 Å². The molecule has 6 nitrogen and oxygen atoms in total. The third kappa shape index (κ3) is 5.46. The van der Waals surface area contributed by atoms with Gasteiger partial charge in [-0.2, -0.15) is 0 Å². The Balaban J connectivity index is 1.80. The number of benzene rings is 2. The van der Waals surface area contributed by atoms with Crippen LogP contribution in [-0.4, -0.2) is 46.9 Å². The average molecular weight is 476 g/mol. The fourth-order valence-corrected chi connectivity index (χ4v) is 4.17. The molecule has 29 heavy (non-hydrogen) atoms. The number of methoxy groups -OCH3 is 1. The van der Waals surface area contributed by atoms with Gasteiger partial charge in [0.15, 0.2) is 5.16 Å². The van der Waals surface area contributed by atoms with Gasteiger partial charge in [0, 0.05) is 25.2 Å². The van der Waals surface area contributed by atoms with Gasteiger partial charge in [0.2, 0.25) is 5.91 Å². The van der Waals surface area contributed by atoms with E-state index in [1.54, 1.807) is 35.8 Å². The number of halogens is 1. The van der Waals surface area contributed by atoms with Crippen molar-refractivity contribution in [2.75, 3.05) is 26.5 Å². The van der Waals surface area contributed by atoms with E-state index >= 15 is 0 Å². The smallest absolute Gasteiger partial charge is 0.262 e. The van der Waals surface area contributed by atoms with Gasteiger partial charge in [-0.05, 0) is 23.8 Å². The minimum absolute atomic E-state index is 0.0257. The van der Waals surface area contributed by atoms with E-state index in [1.807, 2.05) is 36.4 Å². The Labute approximate surface area is 182 Å². The summed E-state index contributed by atoms with van der Waals surface area (Å²) >= 11 is 4.67. The Morgan fingerprint density at radius 1 is 1.24 bits per heavy atom. The SMILES string of the molecule is COCCn1c(SCC(=O)N(C)Cc2ccccc2)nc2ccc(Br)cc2c1=O. The van der Waals surface area contributed by atoms with Gasteiger partial charge in [0.25, 0.3) is 5.56 Å². The van der Waals surface area contributed by atoms with Crippen LogP contribution in [0.3, 0.4) is 0 Å². The summed E-state index contributed by atoms with van der Waals surface area (Å²) in [5.41, 5.74) is 1.54. The van der Waals surface area contributed by atoms with Gasteiger partial charge in [-0.25, -0.2) is 4.98 Å². The molecule has 0 aliphatic rings. The maximum atomic E-state index is 13.0. The van der Waals surface area contributed by atoms with Crippen LogP contribution in [0.25, 0.3) is 10.9 Å². The molecule has 0 saturated heterocycles. The summed E-state index contributed by atoms with van der Waals surface area (Å²) < 4.78 is 7.54. The second-order valence-corrected chi connectivity index (χ2v) is 8.39. The molecule has 0 atom stereocenters. The van der Waals surface area contributed by atoms with E-state index in [-0.39, 0.29) is 17.2 Å². The first-order valence-corrected chi connectivity index (χ1v) is 10.9. The van der Waals surface area contributed by atoms with E-state index in [4.69, 9.17) is 4.74 Å². The Morgan fingerprint density at radius 3 is 2.72 bits per heavy atom. The second-order valence-electron chi connectivity index (χ2n) is 6.53. The third-order valence-corrected chi connectivity index (χ3v) is 5.87. The van der Waals surface area contributed by atoms with Gasteiger partial charge < -0.3 is 9.64 Å². The number of rotatable bonds is 8. The van der Waals surface area contributed by atoms with Crippen LogP contribution in [-0.2, 0) is 22.6 Å². The van der Waals surface area contributed by atoms with Crippen molar-refractivity contribution in [1.82, 2.24) is 14.5 Å². The average Bonchev–Trinajstić information content (AvgIpc) is 2.72. The summed E-state index contributed by atoms with van der Waals surface area (Å²) in [6.45, 7) is 1.30. The van der Waals surface area contributed by atoms with Crippen molar-refractivity contribution in [1.29, 1.82) is 0 Å². The van der Waals surface area contributed by atoms with Crippen molar-refractivity contribution in [3.63, 3.8) is 0 Å². The molecular formula is C21H22BrN3O3S. The Bertz CT molecular complexity index is 1060.